The molecular formula is C15H24ClNO. The second-order valence-electron chi connectivity index (χ2n) is 5.44. The highest BCUT2D eigenvalue weighted by molar-refractivity contribution is 6.18. The summed E-state index contributed by atoms with van der Waals surface area (Å²) in [5, 5.41) is 3.36. The van der Waals surface area contributed by atoms with E-state index in [4.69, 9.17) is 16.3 Å². The minimum Gasteiger partial charge on any atom is -0.491 e. The smallest absolute Gasteiger partial charge is 0.119 e. The van der Waals surface area contributed by atoms with Gasteiger partial charge < -0.3 is 10.1 Å². The molecule has 0 unspecified atom stereocenters. The van der Waals surface area contributed by atoms with E-state index in [1.165, 1.54) is 5.56 Å². The Balaban J connectivity index is 2.65. The first-order chi connectivity index (χ1) is 8.45. The van der Waals surface area contributed by atoms with Gasteiger partial charge in [0.2, 0.25) is 0 Å². The van der Waals surface area contributed by atoms with Gasteiger partial charge in [-0.15, -0.1) is 11.6 Å². The van der Waals surface area contributed by atoms with Crippen molar-refractivity contribution in [1.29, 1.82) is 0 Å². The van der Waals surface area contributed by atoms with Crippen LogP contribution in [0.3, 0.4) is 0 Å². The summed E-state index contributed by atoms with van der Waals surface area (Å²) in [5.41, 5.74) is 1.41. The second-order valence-corrected chi connectivity index (χ2v) is 5.82. The van der Waals surface area contributed by atoms with Crippen molar-refractivity contribution in [1.82, 2.24) is 5.32 Å². The molecule has 0 heterocycles. The largest absolute Gasteiger partial charge is 0.491 e. The number of alkyl halides is 1. The molecule has 1 N–H and O–H groups in total. The molecule has 3 heteroatoms. The Morgan fingerprint density at radius 1 is 1.22 bits per heavy atom. The maximum atomic E-state index is 5.67. The van der Waals surface area contributed by atoms with Gasteiger partial charge in [0.1, 0.15) is 5.75 Å². The van der Waals surface area contributed by atoms with E-state index < -0.39 is 0 Å². The van der Waals surface area contributed by atoms with Crippen molar-refractivity contribution in [3.8, 4) is 5.75 Å². The van der Waals surface area contributed by atoms with Crippen molar-refractivity contribution in [3.05, 3.63) is 29.8 Å². The molecule has 0 radical (unpaired) electrons. The molecule has 0 aliphatic heterocycles. The first-order valence-corrected chi connectivity index (χ1v) is 7.03. The average Bonchev–Trinajstić information content (AvgIpc) is 2.29. The molecule has 0 saturated carbocycles. The number of rotatable bonds is 7. The molecule has 18 heavy (non-hydrogen) atoms. The fourth-order valence-electron chi connectivity index (χ4n) is 1.83. The minimum absolute atomic E-state index is 0.0996. The Kier molecular flexibility index (Phi) is 5.97. The predicted octanol–water partition coefficient (Wildman–Crippen LogP) is 3.58. The highest BCUT2D eigenvalue weighted by atomic mass is 35.5. The lowest BCUT2D eigenvalue weighted by Crippen LogP contribution is -2.33. The van der Waals surface area contributed by atoms with Crippen LogP contribution in [-0.4, -0.2) is 25.1 Å². The number of benzene rings is 1. The van der Waals surface area contributed by atoms with Crippen LogP contribution in [0.25, 0.3) is 0 Å². The highest BCUT2D eigenvalue weighted by Crippen LogP contribution is 2.24. The summed E-state index contributed by atoms with van der Waals surface area (Å²) in [4.78, 5) is 0. The Bertz CT molecular complexity index is 346. The summed E-state index contributed by atoms with van der Waals surface area (Å²) < 4.78 is 5.65. The molecule has 0 spiro atoms. The van der Waals surface area contributed by atoms with Gasteiger partial charge in [-0.1, -0.05) is 26.0 Å². The van der Waals surface area contributed by atoms with Crippen molar-refractivity contribution >= 4 is 11.6 Å². The van der Waals surface area contributed by atoms with Gasteiger partial charge in [0.05, 0.1) is 6.10 Å². The van der Waals surface area contributed by atoms with Gasteiger partial charge in [-0.25, -0.2) is 0 Å². The molecule has 0 bridgehead atoms. The second kappa shape index (κ2) is 7.01. The molecule has 0 atom stereocenters. The summed E-state index contributed by atoms with van der Waals surface area (Å²) in [7, 11) is 0. The SMILES string of the molecule is CC(C)Oc1ccc(C(C)(C)CNCCCl)cc1. The fraction of sp³-hybridized carbons (Fsp3) is 0.600. The number of hydrogen-bond acceptors (Lipinski definition) is 2. The van der Waals surface area contributed by atoms with E-state index in [9.17, 15) is 0 Å². The standard InChI is InChI=1S/C15H24ClNO/c1-12(2)18-14-7-5-13(6-8-14)15(3,4)11-17-10-9-16/h5-8,12,17H,9-11H2,1-4H3. The van der Waals surface area contributed by atoms with Crippen molar-refractivity contribution in [2.24, 2.45) is 0 Å². The van der Waals surface area contributed by atoms with Crippen LogP contribution < -0.4 is 10.1 Å². The monoisotopic (exact) mass is 269 g/mol. The molecule has 0 amide bonds. The molecule has 0 aliphatic carbocycles. The van der Waals surface area contributed by atoms with Crippen molar-refractivity contribution < 1.29 is 4.74 Å². The topological polar surface area (TPSA) is 21.3 Å². The van der Waals surface area contributed by atoms with Gasteiger partial charge in [0, 0.05) is 24.4 Å². The lowest BCUT2D eigenvalue weighted by molar-refractivity contribution is 0.242. The molecule has 1 aromatic rings. The van der Waals surface area contributed by atoms with Crippen molar-refractivity contribution in [2.75, 3.05) is 19.0 Å². The van der Waals surface area contributed by atoms with Gasteiger partial charge in [-0.3, -0.25) is 0 Å². The Morgan fingerprint density at radius 2 is 1.83 bits per heavy atom. The van der Waals surface area contributed by atoms with Gasteiger partial charge in [-0.05, 0) is 31.5 Å². The third-order valence-electron chi connectivity index (χ3n) is 2.85. The van der Waals surface area contributed by atoms with Gasteiger partial charge >= 0.3 is 0 Å². The van der Waals surface area contributed by atoms with E-state index in [-0.39, 0.29) is 11.5 Å². The van der Waals surface area contributed by atoms with Gasteiger partial charge in [0.25, 0.3) is 0 Å². The van der Waals surface area contributed by atoms with Crippen LogP contribution in [0.5, 0.6) is 5.75 Å². The number of hydrogen-bond donors (Lipinski definition) is 1. The first-order valence-electron chi connectivity index (χ1n) is 6.49. The van der Waals surface area contributed by atoms with Crippen LogP contribution in [0.2, 0.25) is 0 Å². The maximum absolute atomic E-state index is 5.67. The zero-order chi connectivity index (χ0) is 13.6. The van der Waals surface area contributed by atoms with Crippen molar-refractivity contribution in [2.45, 2.75) is 39.2 Å². The molecule has 0 fully saturated rings. The van der Waals surface area contributed by atoms with Crippen LogP contribution >= 0.6 is 11.6 Å². The van der Waals surface area contributed by atoms with E-state index in [2.05, 4.69) is 31.3 Å². The van der Waals surface area contributed by atoms with Crippen LogP contribution in [-0.2, 0) is 5.41 Å². The zero-order valence-corrected chi connectivity index (χ0v) is 12.6. The fourth-order valence-corrected chi connectivity index (χ4v) is 1.96. The summed E-state index contributed by atoms with van der Waals surface area (Å²) in [5.74, 6) is 1.58. The third kappa shape index (κ3) is 4.87. The van der Waals surface area contributed by atoms with E-state index in [1.807, 2.05) is 26.0 Å². The Labute approximate surface area is 116 Å². The average molecular weight is 270 g/mol. The molecule has 1 aromatic carbocycles. The summed E-state index contributed by atoms with van der Waals surface area (Å²) in [6.07, 6.45) is 0.217. The Morgan fingerprint density at radius 3 is 2.33 bits per heavy atom. The summed E-state index contributed by atoms with van der Waals surface area (Å²) in [6.45, 7) is 10.3. The lowest BCUT2D eigenvalue weighted by atomic mass is 9.84. The van der Waals surface area contributed by atoms with Crippen LogP contribution in [0, 0.1) is 0 Å². The van der Waals surface area contributed by atoms with E-state index >= 15 is 0 Å². The predicted molar refractivity (Wildman–Crippen MR) is 78.8 cm³/mol. The molecule has 2 nitrogen and oxygen atoms in total. The molecular weight excluding hydrogens is 246 g/mol. The molecule has 102 valence electrons. The van der Waals surface area contributed by atoms with Crippen LogP contribution in [0.4, 0.5) is 0 Å². The van der Waals surface area contributed by atoms with Crippen LogP contribution in [0.1, 0.15) is 33.3 Å². The maximum Gasteiger partial charge on any atom is 0.119 e. The lowest BCUT2D eigenvalue weighted by Gasteiger charge is -2.26. The Hall–Kier alpha value is -0.730. The van der Waals surface area contributed by atoms with E-state index in [1.54, 1.807) is 0 Å². The summed E-state index contributed by atoms with van der Waals surface area (Å²) >= 11 is 5.67. The molecule has 0 aliphatic rings. The van der Waals surface area contributed by atoms with Crippen molar-refractivity contribution in [3.63, 3.8) is 0 Å². The van der Waals surface area contributed by atoms with Gasteiger partial charge in [-0.2, -0.15) is 0 Å². The third-order valence-corrected chi connectivity index (χ3v) is 3.03. The number of ether oxygens (including phenoxy) is 1. The van der Waals surface area contributed by atoms with Gasteiger partial charge in [0.15, 0.2) is 0 Å². The zero-order valence-electron chi connectivity index (χ0n) is 11.8. The highest BCUT2D eigenvalue weighted by Gasteiger charge is 2.19. The molecule has 1 rings (SSSR count). The number of halogens is 1. The van der Waals surface area contributed by atoms with E-state index in [0.29, 0.717) is 5.88 Å². The van der Waals surface area contributed by atoms with Crippen LogP contribution in [0.15, 0.2) is 24.3 Å². The minimum atomic E-state index is 0.0996. The molecule has 0 saturated heterocycles. The normalized spacial score (nSPS) is 11.9. The number of nitrogens with one attached hydrogen (secondary N) is 1. The summed E-state index contributed by atoms with van der Waals surface area (Å²) in [6, 6.07) is 8.36. The first kappa shape index (κ1) is 15.3. The quantitative estimate of drug-likeness (QED) is 0.603. The molecule has 0 aromatic heterocycles. The van der Waals surface area contributed by atoms with E-state index in [0.717, 1.165) is 18.8 Å².